The Bertz CT molecular complexity index is 601. The summed E-state index contributed by atoms with van der Waals surface area (Å²) < 4.78 is 0. The van der Waals surface area contributed by atoms with Crippen LogP contribution >= 0.6 is 23.2 Å². The van der Waals surface area contributed by atoms with Crippen LogP contribution in [0.4, 0.5) is 0 Å². The number of nitrogens with zero attached hydrogens (tertiary/aromatic N) is 3. The summed E-state index contributed by atoms with van der Waals surface area (Å²) in [4.78, 5) is 9.18. The molecule has 132 valence electrons. The predicted molar refractivity (Wildman–Crippen MR) is 102 cm³/mol. The van der Waals surface area contributed by atoms with Crippen molar-refractivity contribution in [3.8, 4) is 0 Å². The van der Waals surface area contributed by atoms with Crippen molar-refractivity contribution in [2.45, 2.75) is 31.8 Å². The van der Waals surface area contributed by atoms with Gasteiger partial charge in [0.1, 0.15) is 0 Å². The average Bonchev–Trinajstić information content (AvgIpc) is 3.31. The summed E-state index contributed by atoms with van der Waals surface area (Å²) in [5.74, 6) is 1.65. The predicted octanol–water partition coefficient (Wildman–Crippen LogP) is 3.48. The maximum absolute atomic E-state index is 6.10. The number of rotatable bonds is 5. The Morgan fingerprint density at radius 1 is 1.29 bits per heavy atom. The molecule has 1 N–H and O–H groups in total. The van der Waals surface area contributed by atoms with Crippen LogP contribution in [0.25, 0.3) is 0 Å². The van der Waals surface area contributed by atoms with Gasteiger partial charge >= 0.3 is 0 Å². The molecular formula is C18H26Cl2N4. The van der Waals surface area contributed by atoms with Gasteiger partial charge in [-0.15, -0.1) is 0 Å². The lowest BCUT2D eigenvalue weighted by atomic mass is 10.1. The molecule has 1 atom stereocenters. The molecule has 1 saturated heterocycles. The number of hydrogen-bond donors (Lipinski definition) is 1. The Morgan fingerprint density at radius 3 is 2.75 bits per heavy atom. The van der Waals surface area contributed by atoms with Crippen molar-refractivity contribution in [3.05, 3.63) is 33.8 Å². The number of likely N-dealkylation sites (tertiary alicyclic amines) is 1. The fraction of sp³-hybridized carbons (Fsp3) is 0.611. The molecule has 6 heteroatoms. The molecule has 4 nitrogen and oxygen atoms in total. The summed E-state index contributed by atoms with van der Waals surface area (Å²) in [6.07, 6.45) is 4.08. The average molecular weight is 369 g/mol. The van der Waals surface area contributed by atoms with E-state index in [1.807, 2.05) is 32.3 Å². The van der Waals surface area contributed by atoms with E-state index in [0.717, 1.165) is 36.6 Å². The van der Waals surface area contributed by atoms with Crippen LogP contribution in [0.3, 0.4) is 0 Å². The van der Waals surface area contributed by atoms with Gasteiger partial charge < -0.3 is 15.1 Å². The van der Waals surface area contributed by atoms with Crippen molar-refractivity contribution >= 4 is 29.2 Å². The van der Waals surface area contributed by atoms with Gasteiger partial charge in [0.05, 0.1) is 10.0 Å². The van der Waals surface area contributed by atoms with Crippen molar-refractivity contribution in [1.82, 2.24) is 15.1 Å². The summed E-state index contributed by atoms with van der Waals surface area (Å²) in [5.41, 5.74) is 1.12. The normalized spacial score (nSPS) is 22.0. The Morgan fingerprint density at radius 2 is 2.08 bits per heavy atom. The molecule has 1 aliphatic heterocycles. The minimum atomic E-state index is 0.590. The first-order valence-corrected chi connectivity index (χ1v) is 9.42. The van der Waals surface area contributed by atoms with Gasteiger partial charge in [0, 0.05) is 39.8 Å². The molecule has 1 heterocycles. The molecule has 1 saturated carbocycles. The summed E-state index contributed by atoms with van der Waals surface area (Å²) in [6.45, 7) is 4.22. The van der Waals surface area contributed by atoms with Gasteiger partial charge in [-0.25, -0.2) is 0 Å². The lowest BCUT2D eigenvalue weighted by molar-refractivity contribution is 0.313. The van der Waals surface area contributed by atoms with Gasteiger partial charge in [0.15, 0.2) is 5.96 Å². The van der Waals surface area contributed by atoms with E-state index in [9.17, 15) is 0 Å². The number of nitrogens with one attached hydrogen (secondary N) is 1. The van der Waals surface area contributed by atoms with E-state index < -0.39 is 0 Å². The quantitative estimate of drug-likeness (QED) is 0.637. The van der Waals surface area contributed by atoms with Crippen LogP contribution in [0.2, 0.25) is 10.0 Å². The fourth-order valence-corrected chi connectivity index (χ4v) is 3.73. The second kappa shape index (κ2) is 7.94. The van der Waals surface area contributed by atoms with Gasteiger partial charge in [-0.2, -0.15) is 0 Å². The highest BCUT2D eigenvalue weighted by molar-refractivity contribution is 6.42. The molecule has 0 amide bonds. The molecule has 0 aromatic heterocycles. The van der Waals surface area contributed by atoms with Crippen LogP contribution in [-0.4, -0.2) is 55.5 Å². The van der Waals surface area contributed by atoms with E-state index in [1.54, 1.807) is 0 Å². The van der Waals surface area contributed by atoms with E-state index in [1.165, 1.54) is 32.4 Å². The third-order valence-corrected chi connectivity index (χ3v) is 5.65. The second-order valence-corrected chi connectivity index (χ2v) is 7.73. The van der Waals surface area contributed by atoms with E-state index >= 15 is 0 Å². The van der Waals surface area contributed by atoms with Crippen molar-refractivity contribution in [3.63, 3.8) is 0 Å². The smallest absolute Gasteiger partial charge is 0.193 e. The zero-order valence-electron chi connectivity index (χ0n) is 14.4. The molecule has 2 aliphatic rings. The summed E-state index contributed by atoms with van der Waals surface area (Å²) in [5, 5.41) is 4.71. The number of benzene rings is 1. The van der Waals surface area contributed by atoms with Crippen LogP contribution in [0.5, 0.6) is 0 Å². The third-order valence-electron chi connectivity index (χ3n) is 4.91. The van der Waals surface area contributed by atoms with Gasteiger partial charge in [-0.3, -0.25) is 4.99 Å². The monoisotopic (exact) mass is 368 g/mol. The Kier molecular flexibility index (Phi) is 5.90. The molecule has 24 heavy (non-hydrogen) atoms. The van der Waals surface area contributed by atoms with E-state index in [2.05, 4.69) is 20.1 Å². The maximum atomic E-state index is 6.10. The van der Waals surface area contributed by atoms with E-state index in [4.69, 9.17) is 23.2 Å². The van der Waals surface area contributed by atoms with Crippen molar-refractivity contribution in [2.75, 3.05) is 33.7 Å². The fourth-order valence-electron chi connectivity index (χ4n) is 3.41. The van der Waals surface area contributed by atoms with Crippen LogP contribution in [0.1, 0.15) is 24.8 Å². The lowest BCUT2D eigenvalue weighted by Gasteiger charge is -2.24. The summed E-state index contributed by atoms with van der Waals surface area (Å²) in [7, 11) is 3.88. The molecule has 1 aromatic carbocycles. The lowest BCUT2D eigenvalue weighted by Crippen LogP contribution is -2.41. The highest BCUT2D eigenvalue weighted by Crippen LogP contribution is 2.31. The molecule has 0 bridgehead atoms. The highest BCUT2D eigenvalue weighted by Gasteiger charge is 2.34. The molecule has 2 fully saturated rings. The zero-order chi connectivity index (χ0) is 17.1. The number of hydrogen-bond acceptors (Lipinski definition) is 2. The summed E-state index contributed by atoms with van der Waals surface area (Å²) in [6, 6.07) is 6.64. The van der Waals surface area contributed by atoms with E-state index in [-0.39, 0.29) is 0 Å². The minimum absolute atomic E-state index is 0.590. The molecule has 1 unspecified atom stereocenters. The SMILES string of the molecule is CN=C(NCC1CCN(C2CC2)C1)N(C)Cc1ccc(Cl)c(Cl)c1. The van der Waals surface area contributed by atoms with Crippen LogP contribution in [0.15, 0.2) is 23.2 Å². The van der Waals surface area contributed by atoms with Crippen molar-refractivity contribution in [1.29, 1.82) is 0 Å². The Balaban J connectivity index is 1.49. The van der Waals surface area contributed by atoms with Gasteiger partial charge in [-0.05, 0) is 49.4 Å². The molecule has 3 rings (SSSR count). The molecule has 0 radical (unpaired) electrons. The van der Waals surface area contributed by atoms with Gasteiger partial charge in [0.2, 0.25) is 0 Å². The largest absolute Gasteiger partial charge is 0.356 e. The molecular weight excluding hydrogens is 343 g/mol. The third kappa shape index (κ3) is 4.56. The Hall–Kier alpha value is -0.970. The molecule has 1 aromatic rings. The van der Waals surface area contributed by atoms with Crippen LogP contribution in [-0.2, 0) is 6.54 Å². The van der Waals surface area contributed by atoms with Crippen molar-refractivity contribution in [2.24, 2.45) is 10.9 Å². The van der Waals surface area contributed by atoms with E-state index in [0.29, 0.717) is 10.0 Å². The number of halogens is 2. The first-order valence-electron chi connectivity index (χ1n) is 8.66. The minimum Gasteiger partial charge on any atom is -0.356 e. The maximum Gasteiger partial charge on any atom is 0.193 e. The highest BCUT2D eigenvalue weighted by atomic mass is 35.5. The van der Waals surface area contributed by atoms with Gasteiger partial charge in [-0.1, -0.05) is 29.3 Å². The Labute approximate surface area is 154 Å². The summed E-state index contributed by atoms with van der Waals surface area (Å²) >= 11 is 12.1. The van der Waals surface area contributed by atoms with Crippen LogP contribution < -0.4 is 5.32 Å². The standard InChI is InChI=1S/C18H26Cl2N4/c1-21-18(22-10-14-7-8-24(12-14)15-4-5-15)23(2)11-13-3-6-16(19)17(20)9-13/h3,6,9,14-15H,4-5,7-8,10-12H2,1-2H3,(H,21,22). The topological polar surface area (TPSA) is 30.9 Å². The number of aliphatic imine (C=N–C) groups is 1. The van der Waals surface area contributed by atoms with Gasteiger partial charge in [0.25, 0.3) is 0 Å². The van der Waals surface area contributed by atoms with Crippen LogP contribution in [0, 0.1) is 5.92 Å². The number of guanidine groups is 1. The first kappa shape index (κ1) is 17.8. The molecule has 0 spiro atoms. The second-order valence-electron chi connectivity index (χ2n) is 6.91. The zero-order valence-corrected chi connectivity index (χ0v) is 15.9. The molecule has 1 aliphatic carbocycles. The van der Waals surface area contributed by atoms with Crippen molar-refractivity contribution < 1.29 is 0 Å². The first-order chi connectivity index (χ1) is 11.6.